The minimum Gasteiger partial charge on any atom is -0.385 e. The number of nitrogens with two attached hydrogens (primary N) is 1. The Balaban J connectivity index is 1.78. The minimum atomic E-state index is -0.883. The second-order valence-electron chi connectivity index (χ2n) is 7.66. The first kappa shape index (κ1) is 17.9. The van der Waals surface area contributed by atoms with Gasteiger partial charge in [-0.05, 0) is 32.8 Å². The van der Waals surface area contributed by atoms with Crippen molar-refractivity contribution in [1.82, 2.24) is 9.97 Å². The largest absolute Gasteiger partial charge is 0.385 e. The molecule has 8 heteroatoms. The van der Waals surface area contributed by atoms with E-state index in [1.54, 1.807) is 11.3 Å². The Morgan fingerprint density at radius 3 is 2.50 bits per heavy atom. The number of hydrogen-bond donors (Lipinski definition) is 2. The van der Waals surface area contributed by atoms with Crippen LogP contribution in [0, 0.1) is 0 Å². The molecule has 3 N–H and O–H groups in total. The first-order valence-corrected chi connectivity index (χ1v) is 10.1. The fourth-order valence-electron chi connectivity index (χ4n) is 3.43. The number of piperidine rings is 1. The van der Waals surface area contributed by atoms with Crippen LogP contribution in [0.2, 0.25) is 0 Å². The second-order valence-corrected chi connectivity index (χ2v) is 8.71. The molecule has 0 radical (unpaired) electrons. The Morgan fingerprint density at radius 2 is 1.85 bits per heavy atom. The van der Waals surface area contributed by atoms with E-state index in [-0.39, 0.29) is 6.04 Å². The first-order chi connectivity index (χ1) is 12.4. The van der Waals surface area contributed by atoms with Gasteiger partial charge in [0.25, 0.3) is 0 Å². The van der Waals surface area contributed by atoms with Crippen LogP contribution in [-0.2, 0) is 10.3 Å². The number of rotatable bonds is 3. The van der Waals surface area contributed by atoms with E-state index in [2.05, 4.69) is 9.80 Å². The highest BCUT2D eigenvalue weighted by Gasteiger charge is 2.26. The van der Waals surface area contributed by atoms with E-state index >= 15 is 0 Å². The van der Waals surface area contributed by atoms with Gasteiger partial charge < -0.3 is 25.4 Å². The van der Waals surface area contributed by atoms with Gasteiger partial charge in [0.05, 0.1) is 29.0 Å². The molecule has 0 saturated carbocycles. The Labute approximate surface area is 157 Å². The van der Waals surface area contributed by atoms with Crippen LogP contribution in [0.5, 0.6) is 0 Å². The molecule has 4 rings (SSSR count). The number of thiophene rings is 1. The predicted octanol–water partition coefficient (Wildman–Crippen LogP) is 1.68. The van der Waals surface area contributed by atoms with E-state index in [4.69, 9.17) is 20.4 Å². The van der Waals surface area contributed by atoms with Crippen LogP contribution in [0.15, 0.2) is 6.07 Å². The predicted molar refractivity (Wildman–Crippen MR) is 105 cm³/mol. The number of aromatic nitrogens is 2. The summed E-state index contributed by atoms with van der Waals surface area (Å²) >= 11 is 1.58. The Kier molecular flexibility index (Phi) is 4.77. The smallest absolute Gasteiger partial charge is 0.227 e. The first-order valence-electron chi connectivity index (χ1n) is 9.29. The lowest BCUT2D eigenvalue weighted by Gasteiger charge is -2.32. The molecule has 0 unspecified atom stereocenters. The monoisotopic (exact) mass is 377 g/mol. The number of ether oxygens (including phenoxy) is 1. The van der Waals surface area contributed by atoms with Crippen molar-refractivity contribution in [3.63, 3.8) is 0 Å². The van der Waals surface area contributed by atoms with Gasteiger partial charge in [0.15, 0.2) is 5.82 Å². The quantitative estimate of drug-likeness (QED) is 0.841. The van der Waals surface area contributed by atoms with Crippen LogP contribution >= 0.6 is 11.3 Å². The van der Waals surface area contributed by atoms with E-state index in [9.17, 15) is 5.11 Å². The minimum absolute atomic E-state index is 0.275. The lowest BCUT2D eigenvalue weighted by Crippen LogP contribution is -2.41. The van der Waals surface area contributed by atoms with Gasteiger partial charge in [0, 0.05) is 37.1 Å². The lowest BCUT2D eigenvalue weighted by atomic mass is 10.1. The van der Waals surface area contributed by atoms with E-state index in [1.165, 1.54) is 0 Å². The second kappa shape index (κ2) is 6.92. The van der Waals surface area contributed by atoms with Crippen LogP contribution in [0.3, 0.4) is 0 Å². The highest BCUT2D eigenvalue weighted by atomic mass is 32.1. The van der Waals surface area contributed by atoms with E-state index in [0.29, 0.717) is 13.2 Å². The van der Waals surface area contributed by atoms with Crippen molar-refractivity contribution in [3.8, 4) is 0 Å². The number of morpholine rings is 1. The van der Waals surface area contributed by atoms with Crippen molar-refractivity contribution >= 4 is 33.3 Å². The third kappa shape index (κ3) is 3.51. The summed E-state index contributed by atoms with van der Waals surface area (Å²) in [5, 5.41) is 10.4. The summed E-state index contributed by atoms with van der Waals surface area (Å²) in [4.78, 5) is 15.2. The van der Waals surface area contributed by atoms with Crippen LogP contribution in [0.1, 0.15) is 31.6 Å². The average molecular weight is 378 g/mol. The summed E-state index contributed by atoms with van der Waals surface area (Å²) < 4.78 is 6.55. The molecule has 26 heavy (non-hydrogen) atoms. The zero-order chi connectivity index (χ0) is 18.3. The molecule has 0 amide bonds. The number of fused-ring (bicyclic) bond motifs is 1. The van der Waals surface area contributed by atoms with E-state index in [1.807, 2.05) is 19.9 Å². The lowest BCUT2D eigenvalue weighted by molar-refractivity contribution is 0.0826. The SMILES string of the molecule is CC(C)(O)c1cc2nc(N3CCC(N)CC3)nc(N3CCOCC3)c2s1. The van der Waals surface area contributed by atoms with Gasteiger partial charge in [-0.15, -0.1) is 11.3 Å². The summed E-state index contributed by atoms with van der Waals surface area (Å²) in [7, 11) is 0. The standard InChI is InChI=1S/C18H27N5O2S/c1-18(2,24)14-11-13-15(26-14)16(22-7-9-25-10-8-22)21-17(20-13)23-5-3-12(19)4-6-23/h11-12,24H,3-10,19H2,1-2H3. The Morgan fingerprint density at radius 1 is 1.15 bits per heavy atom. The molecule has 2 aromatic heterocycles. The fourth-order valence-corrected chi connectivity index (χ4v) is 4.55. The van der Waals surface area contributed by atoms with Gasteiger partial charge in [-0.1, -0.05) is 0 Å². The molecular weight excluding hydrogens is 350 g/mol. The normalized spacial score (nSPS) is 20.2. The molecule has 2 aliphatic heterocycles. The van der Waals surface area contributed by atoms with Crippen molar-refractivity contribution in [3.05, 3.63) is 10.9 Å². The summed E-state index contributed by atoms with van der Waals surface area (Å²) in [6.45, 7) is 8.47. The zero-order valence-corrected chi connectivity index (χ0v) is 16.3. The average Bonchev–Trinajstić information content (AvgIpc) is 3.07. The molecule has 4 heterocycles. The molecule has 142 valence electrons. The number of nitrogens with zero attached hydrogens (tertiary/aromatic N) is 4. The molecule has 2 fully saturated rings. The summed E-state index contributed by atoms with van der Waals surface area (Å²) in [5.41, 5.74) is 6.08. The van der Waals surface area contributed by atoms with Gasteiger partial charge in [0.2, 0.25) is 5.95 Å². The summed E-state index contributed by atoms with van der Waals surface area (Å²) in [5.74, 6) is 1.73. The number of aliphatic hydroxyl groups is 1. The van der Waals surface area contributed by atoms with Gasteiger partial charge in [-0.25, -0.2) is 4.98 Å². The van der Waals surface area contributed by atoms with Crippen LogP contribution in [0.4, 0.5) is 11.8 Å². The van der Waals surface area contributed by atoms with Crippen LogP contribution in [0.25, 0.3) is 10.2 Å². The molecule has 2 aliphatic rings. The van der Waals surface area contributed by atoms with Crippen LogP contribution in [-0.4, -0.2) is 60.5 Å². The molecule has 0 atom stereocenters. The van der Waals surface area contributed by atoms with Crippen molar-refractivity contribution in [2.75, 3.05) is 49.2 Å². The number of hydrogen-bond acceptors (Lipinski definition) is 8. The third-order valence-corrected chi connectivity index (χ3v) is 6.51. The van der Waals surface area contributed by atoms with Crippen molar-refractivity contribution in [1.29, 1.82) is 0 Å². The van der Waals surface area contributed by atoms with E-state index in [0.717, 1.165) is 65.9 Å². The fraction of sp³-hybridized carbons (Fsp3) is 0.667. The highest BCUT2D eigenvalue weighted by molar-refractivity contribution is 7.19. The summed E-state index contributed by atoms with van der Waals surface area (Å²) in [6, 6.07) is 2.28. The molecule has 2 aromatic rings. The Bertz CT molecular complexity index is 774. The molecule has 0 spiro atoms. The third-order valence-electron chi connectivity index (χ3n) is 5.08. The molecule has 7 nitrogen and oxygen atoms in total. The zero-order valence-electron chi connectivity index (χ0n) is 15.4. The maximum Gasteiger partial charge on any atom is 0.227 e. The topological polar surface area (TPSA) is 87.7 Å². The maximum atomic E-state index is 10.4. The number of anilines is 2. The van der Waals surface area contributed by atoms with Crippen LogP contribution < -0.4 is 15.5 Å². The van der Waals surface area contributed by atoms with Gasteiger partial charge in [-0.2, -0.15) is 4.98 Å². The van der Waals surface area contributed by atoms with Crippen molar-refractivity contribution in [2.24, 2.45) is 5.73 Å². The van der Waals surface area contributed by atoms with Gasteiger partial charge in [0.1, 0.15) is 0 Å². The van der Waals surface area contributed by atoms with Gasteiger partial charge in [-0.3, -0.25) is 0 Å². The van der Waals surface area contributed by atoms with Crippen molar-refractivity contribution in [2.45, 2.75) is 38.3 Å². The maximum absolute atomic E-state index is 10.4. The molecule has 0 bridgehead atoms. The summed E-state index contributed by atoms with van der Waals surface area (Å²) in [6.07, 6.45) is 1.93. The molecule has 0 aliphatic carbocycles. The van der Waals surface area contributed by atoms with E-state index < -0.39 is 5.60 Å². The van der Waals surface area contributed by atoms with Gasteiger partial charge >= 0.3 is 0 Å². The molecule has 2 saturated heterocycles. The highest BCUT2D eigenvalue weighted by Crippen LogP contribution is 2.38. The molecule has 0 aromatic carbocycles. The molecular formula is C18H27N5O2S. The Hall–Kier alpha value is -1.48. The van der Waals surface area contributed by atoms with Crippen molar-refractivity contribution < 1.29 is 9.84 Å².